The second-order valence-electron chi connectivity index (χ2n) is 9.31. The van der Waals surface area contributed by atoms with Gasteiger partial charge in [-0.15, -0.1) is 0 Å². The average Bonchev–Trinajstić information content (AvgIpc) is 3.00. The number of benzene rings is 2. The number of hydrogen-bond acceptors (Lipinski definition) is 3. The van der Waals surface area contributed by atoms with E-state index in [1.54, 1.807) is 0 Å². The molecule has 0 N–H and O–H groups in total. The second kappa shape index (κ2) is 7.21. The Bertz CT molecular complexity index is 1060. The fourth-order valence-electron chi connectivity index (χ4n) is 5.12. The van der Waals surface area contributed by atoms with Crippen LogP contribution in [-0.2, 0) is 4.79 Å². The first kappa shape index (κ1) is 19.3. The first-order valence-corrected chi connectivity index (χ1v) is 11.0. The molecular formula is C26H29N3O. The topological polar surface area (TPSA) is 35.9 Å². The number of amides is 1. The van der Waals surface area contributed by atoms with Gasteiger partial charge in [0.1, 0.15) is 5.71 Å². The van der Waals surface area contributed by atoms with E-state index in [1.807, 2.05) is 35.2 Å². The van der Waals surface area contributed by atoms with Crippen LogP contribution in [-0.4, -0.2) is 41.7 Å². The minimum atomic E-state index is -0.382. The van der Waals surface area contributed by atoms with Crippen LogP contribution in [0.2, 0.25) is 0 Å². The summed E-state index contributed by atoms with van der Waals surface area (Å²) in [6.45, 7) is 9.66. The lowest BCUT2D eigenvalue weighted by molar-refractivity contribution is -0.112. The molecule has 0 unspecified atom stereocenters. The van der Waals surface area contributed by atoms with Crippen molar-refractivity contribution in [2.75, 3.05) is 24.5 Å². The van der Waals surface area contributed by atoms with Crippen molar-refractivity contribution in [3.63, 3.8) is 0 Å². The number of carbonyl (C=O) groups is 1. The summed E-state index contributed by atoms with van der Waals surface area (Å²) in [6, 6.07) is 14.2. The molecule has 1 amide bonds. The second-order valence-corrected chi connectivity index (χ2v) is 9.31. The molecule has 4 nitrogen and oxygen atoms in total. The molecule has 154 valence electrons. The van der Waals surface area contributed by atoms with Crippen LogP contribution < -0.4 is 4.90 Å². The summed E-state index contributed by atoms with van der Waals surface area (Å²) >= 11 is 0. The summed E-state index contributed by atoms with van der Waals surface area (Å²) in [5.74, 6) is -0.000949. The van der Waals surface area contributed by atoms with Gasteiger partial charge in [0, 0.05) is 17.7 Å². The Morgan fingerprint density at radius 2 is 1.70 bits per heavy atom. The zero-order valence-electron chi connectivity index (χ0n) is 18.1. The quantitative estimate of drug-likeness (QED) is 0.718. The highest BCUT2D eigenvalue weighted by molar-refractivity contribution is 6.55. The number of aliphatic imine (C=N–C) groups is 1. The van der Waals surface area contributed by atoms with Crippen molar-refractivity contribution in [3.8, 4) is 0 Å². The summed E-state index contributed by atoms with van der Waals surface area (Å²) in [6.07, 6.45) is 6.20. The molecule has 2 aromatic rings. The monoisotopic (exact) mass is 399 g/mol. The number of aryl methyl sites for hydroxylation is 1. The molecule has 1 saturated heterocycles. The largest absolute Gasteiger partial charge is 0.299 e. The lowest BCUT2D eigenvalue weighted by Gasteiger charge is -2.40. The van der Waals surface area contributed by atoms with Gasteiger partial charge in [-0.25, -0.2) is 4.99 Å². The SMILES string of the molecule is Cc1cc2c3c(c1)C(=Nc1ccccc1)C(=O)N3C(C)(C)C=C2CN1CCCCC1. The third kappa shape index (κ3) is 3.20. The zero-order chi connectivity index (χ0) is 20.9. The molecule has 4 heteroatoms. The summed E-state index contributed by atoms with van der Waals surface area (Å²) in [4.78, 5) is 22.9. The van der Waals surface area contributed by atoms with E-state index in [9.17, 15) is 4.79 Å². The minimum Gasteiger partial charge on any atom is -0.299 e. The Hall–Kier alpha value is -2.72. The van der Waals surface area contributed by atoms with Gasteiger partial charge in [-0.05, 0) is 82.1 Å². The maximum Gasteiger partial charge on any atom is 0.278 e. The zero-order valence-corrected chi connectivity index (χ0v) is 18.1. The van der Waals surface area contributed by atoms with Crippen LogP contribution in [0.25, 0.3) is 5.57 Å². The minimum absolute atomic E-state index is 0.000949. The molecule has 3 aliphatic heterocycles. The van der Waals surface area contributed by atoms with Crippen LogP contribution in [0.1, 0.15) is 49.8 Å². The van der Waals surface area contributed by atoms with E-state index in [4.69, 9.17) is 4.99 Å². The van der Waals surface area contributed by atoms with Gasteiger partial charge < -0.3 is 0 Å². The Morgan fingerprint density at radius 1 is 1.00 bits per heavy atom. The van der Waals surface area contributed by atoms with Gasteiger partial charge >= 0.3 is 0 Å². The average molecular weight is 400 g/mol. The van der Waals surface area contributed by atoms with Crippen molar-refractivity contribution in [2.24, 2.45) is 4.99 Å². The van der Waals surface area contributed by atoms with E-state index in [2.05, 4.69) is 43.9 Å². The highest BCUT2D eigenvalue weighted by atomic mass is 16.2. The van der Waals surface area contributed by atoms with Gasteiger partial charge in [-0.1, -0.05) is 30.7 Å². The van der Waals surface area contributed by atoms with Crippen molar-refractivity contribution < 1.29 is 4.79 Å². The van der Waals surface area contributed by atoms with Crippen molar-refractivity contribution >= 4 is 28.6 Å². The molecule has 0 saturated carbocycles. The molecule has 30 heavy (non-hydrogen) atoms. The lowest BCUT2D eigenvalue weighted by Crippen LogP contribution is -2.48. The van der Waals surface area contributed by atoms with E-state index < -0.39 is 0 Å². The van der Waals surface area contributed by atoms with E-state index in [1.165, 1.54) is 36.0 Å². The number of para-hydroxylation sites is 1. The highest BCUT2D eigenvalue weighted by Gasteiger charge is 2.46. The van der Waals surface area contributed by atoms with Crippen LogP contribution >= 0.6 is 0 Å². The normalized spacial score (nSPS) is 21.7. The van der Waals surface area contributed by atoms with Crippen molar-refractivity contribution in [1.29, 1.82) is 0 Å². The number of piperidine rings is 1. The lowest BCUT2D eigenvalue weighted by atomic mass is 9.87. The Labute approximate surface area is 178 Å². The van der Waals surface area contributed by atoms with Gasteiger partial charge in [-0.2, -0.15) is 0 Å². The van der Waals surface area contributed by atoms with Gasteiger partial charge in [0.15, 0.2) is 0 Å². The fraction of sp³-hybridized carbons (Fsp3) is 0.385. The van der Waals surface area contributed by atoms with Crippen molar-refractivity contribution in [3.05, 3.63) is 65.2 Å². The molecule has 0 aromatic heterocycles. The molecule has 0 atom stereocenters. The highest BCUT2D eigenvalue weighted by Crippen LogP contribution is 2.46. The Balaban J connectivity index is 1.64. The summed E-state index contributed by atoms with van der Waals surface area (Å²) in [7, 11) is 0. The van der Waals surface area contributed by atoms with Gasteiger partial charge in [-0.3, -0.25) is 14.6 Å². The molecule has 0 bridgehead atoms. The predicted octanol–water partition coefficient (Wildman–Crippen LogP) is 5.12. The molecule has 3 heterocycles. The smallest absolute Gasteiger partial charge is 0.278 e. The molecular weight excluding hydrogens is 370 g/mol. The van der Waals surface area contributed by atoms with Crippen molar-refractivity contribution in [1.82, 2.24) is 4.90 Å². The number of hydrogen-bond donors (Lipinski definition) is 0. The first-order valence-electron chi connectivity index (χ1n) is 11.0. The van der Waals surface area contributed by atoms with Crippen LogP contribution in [0.15, 0.2) is 53.5 Å². The first-order chi connectivity index (χ1) is 14.4. The summed E-state index contributed by atoms with van der Waals surface area (Å²) in [5, 5.41) is 0. The fourth-order valence-corrected chi connectivity index (χ4v) is 5.12. The predicted molar refractivity (Wildman–Crippen MR) is 124 cm³/mol. The third-order valence-electron chi connectivity index (χ3n) is 6.43. The van der Waals surface area contributed by atoms with E-state index >= 15 is 0 Å². The summed E-state index contributed by atoms with van der Waals surface area (Å²) in [5.41, 5.74) is 6.71. The number of likely N-dealkylation sites (tertiary alicyclic amines) is 1. The Kier molecular flexibility index (Phi) is 4.62. The Morgan fingerprint density at radius 3 is 2.43 bits per heavy atom. The van der Waals surface area contributed by atoms with E-state index in [-0.39, 0.29) is 11.4 Å². The number of anilines is 1. The maximum atomic E-state index is 13.6. The number of carbonyl (C=O) groups excluding carboxylic acids is 1. The molecule has 1 fully saturated rings. The molecule has 0 aliphatic carbocycles. The van der Waals surface area contributed by atoms with Crippen molar-refractivity contribution in [2.45, 2.75) is 45.6 Å². The molecule has 0 radical (unpaired) electrons. The standard InChI is InChI=1S/C26H29N3O/c1-18-14-21-19(17-28-12-8-5-9-13-28)16-26(2,3)29-24(21)22(15-18)23(25(29)30)27-20-10-6-4-7-11-20/h4,6-7,10-11,14-16H,5,8-9,12-13,17H2,1-3H3. The molecule has 2 aromatic carbocycles. The number of rotatable bonds is 3. The molecule has 5 rings (SSSR count). The van der Waals surface area contributed by atoms with Gasteiger partial charge in [0.2, 0.25) is 0 Å². The summed E-state index contributed by atoms with van der Waals surface area (Å²) < 4.78 is 0. The molecule has 0 spiro atoms. The third-order valence-corrected chi connectivity index (χ3v) is 6.43. The van der Waals surface area contributed by atoms with E-state index in [0.29, 0.717) is 5.71 Å². The van der Waals surface area contributed by atoms with Crippen LogP contribution in [0.4, 0.5) is 11.4 Å². The van der Waals surface area contributed by atoms with Gasteiger partial charge in [0.05, 0.1) is 16.9 Å². The van der Waals surface area contributed by atoms with Crippen LogP contribution in [0.5, 0.6) is 0 Å². The maximum absolute atomic E-state index is 13.6. The van der Waals surface area contributed by atoms with Gasteiger partial charge in [0.25, 0.3) is 5.91 Å². The van der Waals surface area contributed by atoms with E-state index in [0.717, 1.165) is 36.6 Å². The number of nitrogens with zero attached hydrogens (tertiary/aromatic N) is 3. The molecule has 3 aliphatic rings. The van der Waals surface area contributed by atoms with Crippen LogP contribution in [0.3, 0.4) is 0 Å². The van der Waals surface area contributed by atoms with Crippen LogP contribution in [0, 0.1) is 6.92 Å².